The summed E-state index contributed by atoms with van der Waals surface area (Å²) >= 11 is 0. The highest BCUT2D eigenvalue weighted by Crippen LogP contribution is 2.68. The standard InChI is InChI=1S/C20H28O2S/c1-13-14(2)20(7)15(3)19(13,6)17(23(20,21)22)18(4,5)16-11-9-8-10-12-16/h8-12,15,17H,1-7H3/t15?,17-,19-,20+/m1/s1. The van der Waals surface area contributed by atoms with Crippen molar-refractivity contribution in [2.24, 2.45) is 11.3 Å². The van der Waals surface area contributed by atoms with Crippen molar-refractivity contribution in [1.29, 1.82) is 0 Å². The highest BCUT2D eigenvalue weighted by Gasteiger charge is 2.74. The van der Waals surface area contributed by atoms with Gasteiger partial charge in [-0.15, -0.1) is 0 Å². The first-order valence-electron chi connectivity index (χ1n) is 8.42. The van der Waals surface area contributed by atoms with Crippen molar-refractivity contribution in [3.63, 3.8) is 0 Å². The molecule has 1 saturated heterocycles. The maximum Gasteiger partial charge on any atom is 0.164 e. The molecule has 3 heteroatoms. The predicted molar refractivity (Wildman–Crippen MR) is 96.2 cm³/mol. The van der Waals surface area contributed by atoms with Crippen molar-refractivity contribution >= 4 is 9.84 Å². The van der Waals surface area contributed by atoms with Gasteiger partial charge in [0.1, 0.15) is 0 Å². The Labute approximate surface area is 140 Å². The third-order valence-electron chi connectivity index (χ3n) is 7.46. The first-order chi connectivity index (χ1) is 10.4. The first-order valence-corrected chi connectivity index (χ1v) is 9.96. The van der Waals surface area contributed by atoms with E-state index in [9.17, 15) is 8.42 Å². The third-order valence-corrected chi connectivity index (χ3v) is 11.0. The molecule has 0 saturated carbocycles. The van der Waals surface area contributed by atoms with Crippen LogP contribution in [0.3, 0.4) is 0 Å². The second-order valence-electron chi connectivity index (χ2n) is 8.37. The molecule has 3 rings (SSSR count). The van der Waals surface area contributed by atoms with Crippen LogP contribution in [0.2, 0.25) is 0 Å². The van der Waals surface area contributed by atoms with Crippen LogP contribution in [0, 0.1) is 11.3 Å². The van der Waals surface area contributed by atoms with E-state index in [-0.39, 0.29) is 11.3 Å². The lowest BCUT2D eigenvalue weighted by Gasteiger charge is -2.44. The van der Waals surface area contributed by atoms with Gasteiger partial charge in [0.2, 0.25) is 0 Å². The summed E-state index contributed by atoms with van der Waals surface area (Å²) in [6, 6.07) is 10.1. The summed E-state index contributed by atoms with van der Waals surface area (Å²) in [5.74, 6) is 0.105. The van der Waals surface area contributed by atoms with Crippen molar-refractivity contribution in [3.05, 3.63) is 47.0 Å². The van der Waals surface area contributed by atoms with Gasteiger partial charge in [0.15, 0.2) is 9.84 Å². The second kappa shape index (κ2) is 4.50. The molecule has 0 aromatic heterocycles. The summed E-state index contributed by atoms with van der Waals surface area (Å²) in [6.45, 7) is 14.6. The van der Waals surface area contributed by atoms with Crippen LogP contribution < -0.4 is 0 Å². The van der Waals surface area contributed by atoms with Gasteiger partial charge in [-0.1, -0.05) is 69.2 Å². The molecular formula is C20H28O2S. The van der Waals surface area contributed by atoms with E-state index in [4.69, 9.17) is 0 Å². The Morgan fingerprint density at radius 3 is 2.00 bits per heavy atom. The summed E-state index contributed by atoms with van der Waals surface area (Å²) in [6.07, 6.45) is 0. The maximum atomic E-state index is 13.6. The van der Waals surface area contributed by atoms with Crippen molar-refractivity contribution in [2.75, 3.05) is 0 Å². The number of rotatable bonds is 2. The number of allylic oxidation sites excluding steroid dienone is 1. The number of sulfone groups is 1. The summed E-state index contributed by atoms with van der Waals surface area (Å²) in [7, 11) is -3.28. The van der Waals surface area contributed by atoms with Gasteiger partial charge in [-0.2, -0.15) is 0 Å². The van der Waals surface area contributed by atoms with Crippen LogP contribution in [0.25, 0.3) is 0 Å². The van der Waals surface area contributed by atoms with E-state index in [2.05, 4.69) is 46.8 Å². The van der Waals surface area contributed by atoms with Crippen molar-refractivity contribution in [1.82, 2.24) is 0 Å². The minimum absolute atomic E-state index is 0.105. The lowest BCUT2D eigenvalue weighted by Crippen LogP contribution is -2.51. The fraction of sp³-hybridized carbons (Fsp3) is 0.600. The van der Waals surface area contributed by atoms with Crippen LogP contribution in [-0.4, -0.2) is 18.4 Å². The molecule has 126 valence electrons. The van der Waals surface area contributed by atoms with Crippen molar-refractivity contribution < 1.29 is 8.42 Å². The molecule has 1 aliphatic heterocycles. The zero-order valence-electron chi connectivity index (χ0n) is 15.3. The Morgan fingerprint density at radius 2 is 1.52 bits per heavy atom. The fourth-order valence-electron chi connectivity index (χ4n) is 5.61. The molecule has 1 aromatic rings. The molecule has 1 heterocycles. The number of hydrogen-bond donors (Lipinski definition) is 0. The average Bonchev–Trinajstić information content (AvgIpc) is 2.70. The summed E-state index contributed by atoms with van der Waals surface area (Å²) in [4.78, 5) is 0. The van der Waals surface area contributed by atoms with Crippen molar-refractivity contribution in [3.8, 4) is 0 Å². The Hall–Kier alpha value is -1.09. The first kappa shape index (κ1) is 16.8. The Kier molecular flexibility index (Phi) is 3.28. The second-order valence-corrected chi connectivity index (χ2v) is 10.8. The Morgan fingerprint density at radius 1 is 1.00 bits per heavy atom. The molecule has 1 fully saturated rings. The maximum absolute atomic E-state index is 13.6. The van der Waals surface area contributed by atoms with E-state index >= 15 is 0 Å². The zero-order chi connectivity index (χ0) is 17.4. The average molecular weight is 333 g/mol. The molecule has 0 radical (unpaired) electrons. The van der Waals surface area contributed by atoms with Crippen LogP contribution >= 0.6 is 0 Å². The molecular weight excluding hydrogens is 304 g/mol. The quantitative estimate of drug-likeness (QED) is 0.747. The van der Waals surface area contributed by atoms with E-state index in [1.807, 2.05) is 32.0 Å². The molecule has 0 spiro atoms. The van der Waals surface area contributed by atoms with E-state index in [0.717, 1.165) is 11.1 Å². The summed E-state index contributed by atoms with van der Waals surface area (Å²) < 4.78 is 26.5. The third kappa shape index (κ3) is 1.62. The molecule has 2 nitrogen and oxygen atoms in total. The van der Waals surface area contributed by atoms with Gasteiger partial charge in [-0.3, -0.25) is 0 Å². The van der Waals surface area contributed by atoms with Crippen LogP contribution in [0.4, 0.5) is 0 Å². The van der Waals surface area contributed by atoms with E-state index in [0.29, 0.717) is 0 Å². The molecule has 1 unspecified atom stereocenters. The molecule has 1 aromatic carbocycles. The van der Waals surface area contributed by atoms with Crippen LogP contribution in [0.15, 0.2) is 41.5 Å². The predicted octanol–water partition coefficient (Wildman–Crippen LogP) is 4.51. The fourth-order valence-corrected chi connectivity index (χ4v) is 9.35. The highest BCUT2D eigenvalue weighted by molar-refractivity contribution is 7.94. The molecule has 0 N–H and O–H groups in total. The van der Waals surface area contributed by atoms with Crippen LogP contribution in [0.1, 0.15) is 54.0 Å². The smallest absolute Gasteiger partial charge is 0.164 e. The minimum atomic E-state index is -3.28. The van der Waals surface area contributed by atoms with Gasteiger partial charge in [0, 0.05) is 10.8 Å². The van der Waals surface area contributed by atoms with E-state index in [1.54, 1.807) is 0 Å². The molecule has 1 aliphatic carbocycles. The van der Waals surface area contributed by atoms with Gasteiger partial charge < -0.3 is 0 Å². The lowest BCUT2D eigenvalue weighted by atomic mass is 9.63. The molecule has 2 aliphatic rings. The van der Waals surface area contributed by atoms with Gasteiger partial charge in [-0.05, 0) is 32.3 Å². The molecule has 0 amide bonds. The Bertz CT molecular complexity index is 788. The molecule has 4 atom stereocenters. The van der Waals surface area contributed by atoms with Gasteiger partial charge in [0.05, 0.1) is 10.00 Å². The normalized spacial score (nSPS) is 39.1. The SMILES string of the molecule is CC1=C(C)[C@]2(C)C(C)[C@@]1(C)S(=O)(=O)[C@@H]2C(C)(C)c1ccccc1. The highest BCUT2D eigenvalue weighted by atomic mass is 32.2. The minimum Gasteiger partial charge on any atom is -0.228 e. The lowest BCUT2D eigenvalue weighted by molar-refractivity contribution is 0.227. The van der Waals surface area contributed by atoms with Crippen molar-refractivity contribution in [2.45, 2.75) is 63.9 Å². The van der Waals surface area contributed by atoms with Gasteiger partial charge in [0.25, 0.3) is 0 Å². The number of benzene rings is 1. The summed E-state index contributed by atoms with van der Waals surface area (Å²) in [5, 5.41) is -0.395. The van der Waals surface area contributed by atoms with Gasteiger partial charge >= 0.3 is 0 Å². The molecule has 23 heavy (non-hydrogen) atoms. The molecule has 2 bridgehead atoms. The largest absolute Gasteiger partial charge is 0.228 e. The zero-order valence-corrected chi connectivity index (χ0v) is 16.1. The number of hydrogen-bond acceptors (Lipinski definition) is 2. The number of fused-ring (bicyclic) bond motifs is 2. The van der Waals surface area contributed by atoms with Crippen LogP contribution in [0.5, 0.6) is 0 Å². The monoisotopic (exact) mass is 332 g/mol. The van der Waals surface area contributed by atoms with Gasteiger partial charge in [-0.25, -0.2) is 8.42 Å². The van der Waals surface area contributed by atoms with E-state index in [1.165, 1.54) is 5.57 Å². The Balaban J connectivity index is 2.31. The topological polar surface area (TPSA) is 34.1 Å². The summed E-state index contributed by atoms with van der Waals surface area (Å²) in [5.41, 5.74) is 2.70. The van der Waals surface area contributed by atoms with E-state index < -0.39 is 25.2 Å². The van der Waals surface area contributed by atoms with Crippen LogP contribution in [-0.2, 0) is 15.3 Å².